The molecule has 1 aromatic carbocycles. The molecule has 5 heteroatoms. The Morgan fingerprint density at radius 1 is 1.39 bits per heavy atom. The van der Waals surface area contributed by atoms with Crippen LogP contribution in [-0.2, 0) is 6.54 Å². The summed E-state index contributed by atoms with van der Waals surface area (Å²) in [5.41, 5.74) is 6.06. The number of nitrogens with one attached hydrogen (secondary N) is 1. The summed E-state index contributed by atoms with van der Waals surface area (Å²) < 4.78 is 2.13. The summed E-state index contributed by atoms with van der Waals surface area (Å²) in [4.78, 5) is 16.8. The third-order valence-electron chi connectivity index (χ3n) is 3.95. The molecule has 1 amide bonds. The van der Waals surface area contributed by atoms with Gasteiger partial charge in [-0.3, -0.25) is 4.79 Å². The van der Waals surface area contributed by atoms with Crippen LogP contribution in [0.25, 0.3) is 11.0 Å². The van der Waals surface area contributed by atoms with Gasteiger partial charge in [-0.15, -0.1) is 0 Å². The minimum atomic E-state index is -0.195. The average molecular weight is 314 g/mol. The van der Waals surface area contributed by atoms with E-state index in [1.807, 2.05) is 32.0 Å². The van der Waals surface area contributed by atoms with Gasteiger partial charge in [-0.1, -0.05) is 13.8 Å². The van der Waals surface area contributed by atoms with Gasteiger partial charge in [0.2, 0.25) is 0 Å². The monoisotopic (exact) mass is 314 g/mol. The SMILES string of the molecule is CCn1c(C)nc2cc(C(=O)N/N=C(\C)CCC(C)C)ccc21. The minimum Gasteiger partial charge on any atom is -0.329 e. The zero-order valence-electron chi connectivity index (χ0n) is 14.7. The molecule has 23 heavy (non-hydrogen) atoms. The lowest BCUT2D eigenvalue weighted by Gasteiger charge is -2.05. The highest BCUT2D eigenvalue weighted by Crippen LogP contribution is 2.17. The Morgan fingerprint density at radius 3 is 2.78 bits per heavy atom. The molecule has 0 radical (unpaired) electrons. The first kappa shape index (κ1) is 17.2. The number of hydrazone groups is 1. The maximum atomic E-state index is 12.2. The maximum absolute atomic E-state index is 12.2. The second kappa shape index (κ2) is 7.40. The summed E-state index contributed by atoms with van der Waals surface area (Å²) in [7, 11) is 0. The molecule has 0 saturated heterocycles. The largest absolute Gasteiger partial charge is 0.329 e. The van der Waals surface area contributed by atoms with Crippen molar-refractivity contribution in [3.63, 3.8) is 0 Å². The highest BCUT2D eigenvalue weighted by atomic mass is 16.2. The number of carbonyl (C=O) groups is 1. The quantitative estimate of drug-likeness (QED) is 0.649. The summed E-state index contributed by atoms with van der Waals surface area (Å²) in [6, 6.07) is 5.59. The number of hydrogen-bond acceptors (Lipinski definition) is 3. The van der Waals surface area contributed by atoms with Crippen LogP contribution in [0.4, 0.5) is 0 Å². The fourth-order valence-corrected chi connectivity index (χ4v) is 2.55. The summed E-state index contributed by atoms with van der Waals surface area (Å²) in [5, 5.41) is 4.18. The molecular weight excluding hydrogens is 288 g/mol. The number of imidazole rings is 1. The molecule has 0 aliphatic carbocycles. The predicted octanol–water partition coefficient (Wildman–Crippen LogP) is 3.91. The number of hydrogen-bond donors (Lipinski definition) is 1. The molecule has 2 aromatic rings. The number of fused-ring (bicyclic) bond motifs is 1. The number of rotatable bonds is 6. The van der Waals surface area contributed by atoms with Gasteiger partial charge < -0.3 is 4.57 Å². The molecule has 5 nitrogen and oxygen atoms in total. The molecular formula is C18H26N4O. The molecule has 0 spiro atoms. The Hall–Kier alpha value is -2.17. The Balaban J connectivity index is 2.11. The topological polar surface area (TPSA) is 59.3 Å². The van der Waals surface area contributed by atoms with Crippen molar-refractivity contribution >= 4 is 22.7 Å². The van der Waals surface area contributed by atoms with Gasteiger partial charge in [-0.2, -0.15) is 5.10 Å². The van der Waals surface area contributed by atoms with E-state index < -0.39 is 0 Å². The molecule has 1 heterocycles. The van der Waals surface area contributed by atoms with E-state index in [4.69, 9.17) is 0 Å². The number of aryl methyl sites for hydroxylation is 2. The van der Waals surface area contributed by atoms with Crippen LogP contribution in [0, 0.1) is 12.8 Å². The van der Waals surface area contributed by atoms with Crippen LogP contribution in [0.3, 0.4) is 0 Å². The fourth-order valence-electron chi connectivity index (χ4n) is 2.55. The second-order valence-corrected chi connectivity index (χ2v) is 6.33. The summed E-state index contributed by atoms with van der Waals surface area (Å²) in [6.07, 6.45) is 1.97. The van der Waals surface area contributed by atoms with Crippen LogP contribution in [0.2, 0.25) is 0 Å². The van der Waals surface area contributed by atoms with E-state index >= 15 is 0 Å². The van der Waals surface area contributed by atoms with E-state index in [-0.39, 0.29) is 5.91 Å². The lowest BCUT2D eigenvalue weighted by atomic mass is 10.1. The molecule has 0 fully saturated rings. The zero-order chi connectivity index (χ0) is 17.0. The zero-order valence-corrected chi connectivity index (χ0v) is 14.7. The van der Waals surface area contributed by atoms with Crippen molar-refractivity contribution in [3.8, 4) is 0 Å². The molecule has 2 rings (SSSR count). The predicted molar refractivity (Wildman–Crippen MR) is 94.8 cm³/mol. The average Bonchev–Trinajstić information content (AvgIpc) is 2.84. The number of aromatic nitrogens is 2. The second-order valence-electron chi connectivity index (χ2n) is 6.33. The Kier molecular flexibility index (Phi) is 5.53. The van der Waals surface area contributed by atoms with Crippen molar-refractivity contribution in [1.29, 1.82) is 0 Å². The summed E-state index contributed by atoms with van der Waals surface area (Å²) >= 11 is 0. The van der Waals surface area contributed by atoms with E-state index in [1.165, 1.54) is 0 Å². The summed E-state index contributed by atoms with van der Waals surface area (Å²) in [5.74, 6) is 1.40. The molecule has 0 aliphatic rings. The van der Waals surface area contributed by atoms with E-state index in [0.29, 0.717) is 11.5 Å². The number of carbonyl (C=O) groups excluding carboxylic acids is 1. The normalized spacial score (nSPS) is 12.2. The van der Waals surface area contributed by atoms with Crippen molar-refractivity contribution < 1.29 is 4.79 Å². The van der Waals surface area contributed by atoms with E-state index in [1.54, 1.807) is 0 Å². The van der Waals surface area contributed by atoms with E-state index in [2.05, 4.69) is 40.8 Å². The molecule has 0 saturated carbocycles. The van der Waals surface area contributed by atoms with Gasteiger partial charge in [0.25, 0.3) is 5.91 Å². The van der Waals surface area contributed by atoms with Gasteiger partial charge in [0.1, 0.15) is 5.82 Å². The molecule has 1 aromatic heterocycles. The number of amides is 1. The first-order valence-corrected chi connectivity index (χ1v) is 8.22. The number of benzene rings is 1. The lowest BCUT2D eigenvalue weighted by Crippen LogP contribution is -2.19. The van der Waals surface area contributed by atoms with Crippen LogP contribution >= 0.6 is 0 Å². The standard InChI is InChI=1S/C18H26N4O/c1-6-22-14(5)19-16-11-15(9-10-17(16)22)18(23)21-20-13(4)8-7-12(2)3/h9-12H,6-8H2,1-5H3,(H,21,23)/b20-13+. The van der Waals surface area contributed by atoms with Gasteiger partial charge in [0.15, 0.2) is 0 Å². The van der Waals surface area contributed by atoms with E-state index in [0.717, 1.165) is 42.0 Å². The third-order valence-corrected chi connectivity index (χ3v) is 3.95. The molecule has 0 bridgehead atoms. The Morgan fingerprint density at radius 2 is 2.13 bits per heavy atom. The van der Waals surface area contributed by atoms with Crippen molar-refractivity contribution in [2.24, 2.45) is 11.0 Å². The first-order valence-electron chi connectivity index (χ1n) is 8.22. The first-order chi connectivity index (χ1) is 10.9. The minimum absolute atomic E-state index is 0.195. The van der Waals surface area contributed by atoms with Crippen LogP contribution < -0.4 is 5.43 Å². The van der Waals surface area contributed by atoms with Crippen molar-refractivity contribution in [2.75, 3.05) is 0 Å². The fraction of sp³-hybridized carbons (Fsp3) is 0.500. The van der Waals surface area contributed by atoms with Gasteiger partial charge in [-0.25, -0.2) is 10.4 Å². The van der Waals surface area contributed by atoms with Crippen LogP contribution in [0.5, 0.6) is 0 Å². The molecule has 0 aliphatic heterocycles. The molecule has 124 valence electrons. The highest BCUT2D eigenvalue weighted by molar-refractivity contribution is 5.98. The Bertz CT molecular complexity index is 728. The molecule has 1 N–H and O–H groups in total. The van der Waals surface area contributed by atoms with Crippen molar-refractivity contribution in [1.82, 2.24) is 15.0 Å². The summed E-state index contributed by atoms with van der Waals surface area (Å²) in [6.45, 7) is 11.2. The highest BCUT2D eigenvalue weighted by Gasteiger charge is 2.10. The Labute approximate surface area is 137 Å². The van der Waals surface area contributed by atoms with Crippen molar-refractivity contribution in [2.45, 2.75) is 54.0 Å². The van der Waals surface area contributed by atoms with Gasteiger partial charge in [0, 0.05) is 17.8 Å². The van der Waals surface area contributed by atoms with Crippen LogP contribution in [0.1, 0.15) is 56.7 Å². The van der Waals surface area contributed by atoms with Crippen LogP contribution in [-0.4, -0.2) is 21.2 Å². The maximum Gasteiger partial charge on any atom is 0.271 e. The van der Waals surface area contributed by atoms with Crippen LogP contribution in [0.15, 0.2) is 23.3 Å². The van der Waals surface area contributed by atoms with Gasteiger partial charge >= 0.3 is 0 Å². The number of nitrogens with zero attached hydrogens (tertiary/aromatic N) is 3. The smallest absolute Gasteiger partial charge is 0.271 e. The van der Waals surface area contributed by atoms with Crippen molar-refractivity contribution in [3.05, 3.63) is 29.6 Å². The van der Waals surface area contributed by atoms with Gasteiger partial charge in [-0.05, 0) is 57.7 Å². The molecule has 0 atom stereocenters. The molecule has 0 unspecified atom stereocenters. The van der Waals surface area contributed by atoms with Gasteiger partial charge in [0.05, 0.1) is 11.0 Å². The van der Waals surface area contributed by atoms with E-state index in [9.17, 15) is 4.79 Å². The third kappa shape index (κ3) is 4.18. The lowest BCUT2D eigenvalue weighted by molar-refractivity contribution is 0.0955.